The lowest BCUT2D eigenvalue weighted by atomic mass is 10.1. The van der Waals surface area contributed by atoms with Gasteiger partial charge in [0.2, 0.25) is 11.8 Å². The van der Waals surface area contributed by atoms with E-state index < -0.39 is 34.4 Å². The molecule has 2 amide bonds. The van der Waals surface area contributed by atoms with Crippen molar-refractivity contribution in [2.45, 2.75) is 31.3 Å². The van der Waals surface area contributed by atoms with E-state index in [0.717, 1.165) is 14.3 Å². The predicted molar refractivity (Wildman–Crippen MR) is 150 cm³/mol. The smallest absolute Gasteiger partial charge is 0.264 e. The maximum absolute atomic E-state index is 13.7. The molecule has 11 heteroatoms. The SMILES string of the molecule is CNC(=O)C(C)N(Cc1ccc(Cl)cc1Cl)C(=O)CN(c1ccc(Br)cc1)S(=O)(=O)c1ccc(C)cc1. The number of anilines is 1. The lowest BCUT2D eigenvalue weighted by Gasteiger charge is -2.32. The third-order valence-corrected chi connectivity index (χ3v) is 8.68. The maximum atomic E-state index is 13.7. The van der Waals surface area contributed by atoms with Crippen molar-refractivity contribution in [2.75, 3.05) is 17.9 Å². The van der Waals surface area contributed by atoms with Gasteiger partial charge in [-0.2, -0.15) is 0 Å². The molecular weight excluding hydrogens is 601 g/mol. The number of rotatable bonds is 9. The highest BCUT2D eigenvalue weighted by Gasteiger charge is 2.32. The van der Waals surface area contributed by atoms with Gasteiger partial charge < -0.3 is 10.2 Å². The van der Waals surface area contributed by atoms with Crippen molar-refractivity contribution in [3.63, 3.8) is 0 Å². The summed E-state index contributed by atoms with van der Waals surface area (Å²) in [6.07, 6.45) is 0. The van der Waals surface area contributed by atoms with E-state index in [4.69, 9.17) is 23.2 Å². The summed E-state index contributed by atoms with van der Waals surface area (Å²) in [6, 6.07) is 16.9. The van der Waals surface area contributed by atoms with Gasteiger partial charge in [-0.3, -0.25) is 13.9 Å². The van der Waals surface area contributed by atoms with Gasteiger partial charge in [0, 0.05) is 28.1 Å². The number of amides is 2. The quantitative estimate of drug-likeness (QED) is 0.344. The van der Waals surface area contributed by atoms with Crippen molar-refractivity contribution >= 4 is 66.7 Å². The molecule has 0 heterocycles. The maximum Gasteiger partial charge on any atom is 0.264 e. The number of sulfonamides is 1. The Labute approximate surface area is 235 Å². The van der Waals surface area contributed by atoms with Crippen LogP contribution in [0.5, 0.6) is 0 Å². The van der Waals surface area contributed by atoms with Crippen molar-refractivity contribution in [1.82, 2.24) is 10.2 Å². The molecule has 1 N–H and O–H groups in total. The van der Waals surface area contributed by atoms with E-state index in [0.29, 0.717) is 21.3 Å². The summed E-state index contributed by atoms with van der Waals surface area (Å²) in [5.74, 6) is -0.990. The third-order valence-electron chi connectivity index (χ3n) is 5.77. The summed E-state index contributed by atoms with van der Waals surface area (Å²) in [4.78, 5) is 27.6. The van der Waals surface area contributed by atoms with Gasteiger partial charge in [-0.15, -0.1) is 0 Å². The van der Waals surface area contributed by atoms with Crippen LogP contribution < -0.4 is 9.62 Å². The molecule has 37 heavy (non-hydrogen) atoms. The van der Waals surface area contributed by atoms with Gasteiger partial charge >= 0.3 is 0 Å². The molecule has 0 aliphatic rings. The van der Waals surface area contributed by atoms with E-state index in [1.54, 1.807) is 61.5 Å². The molecule has 0 bridgehead atoms. The molecule has 0 aromatic heterocycles. The van der Waals surface area contributed by atoms with E-state index in [1.165, 1.54) is 24.1 Å². The van der Waals surface area contributed by atoms with E-state index in [1.807, 2.05) is 6.92 Å². The van der Waals surface area contributed by atoms with Crippen LogP contribution in [0, 0.1) is 6.92 Å². The molecule has 7 nitrogen and oxygen atoms in total. The first-order chi connectivity index (χ1) is 17.4. The van der Waals surface area contributed by atoms with Crippen LogP contribution in [0.1, 0.15) is 18.1 Å². The first-order valence-electron chi connectivity index (χ1n) is 11.2. The molecule has 0 spiro atoms. The number of aryl methyl sites for hydroxylation is 1. The fourth-order valence-electron chi connectivity index (χ4n) is 3.60. The van der Waals surface area contributed by atoms with Crippen molar-refractivity contribution in [3.8, 4) is 0 Å². The fraction of sp³-hybridized carbons (Fsp3) is 0.231. The number of hydrogen-bond donors (Lipinski definition) is 1. The zero-order valence-electron chi connectivity index (χ0n) is 20.4. The molecule has 0 fully saturated rings. The minimum Gasteiger partial charge on any atom is -0.357 e. The molecule has 0 aliphatic carbocycles. The minimum absolute atomic E-state index is 0.0256. The third kappa shape index (κ3) is 7.04. The molecule has 3 aromatic carbocycles. The number of carbonyl (C=O) groups is 2. The topological polar surface area (TPSA) is 86.8 Å². The second-order valence-corrected chi connectivity index (χ2v) is 12.0. The van der Waals surface area contributed by atoms with Crippen molar-refractivity contribution in [3.05, 3.63) is 92.4 Å². The molecule has 1 unspecified atom stereocenters. The Hall–Kier alpha value is -2.59. The Morgan fingerprint density at radius 2 is 1.62 bits per heavy atom. The van der Waals surface area contributed by atoms with Crippen molar-refractivity contribution in [2.24, 2.45) is 0 Å². The lowest BCUT2D eigenvalue weighted by molar-refractivity contribution is -0.139. The van der Waals surface area contributed by atoms with Gasteiger partial charge in [0.25, 0.3) is 10.0 Å². The van der Waals surface area contributed by atoms with E-state index in [9.17, 15) is 18.0 Å². The van der Waals surface area contributed by atoms with Gasteiger partial charge in [0.15, 0.2) is 0 Å². The summed E-state index contributed by atoms with van der Waals surface area (Å²) in [6.45, 7) is 2.86. The molecule has 0 saturated heterocycles. The van der Waals surface area contributed by atoms with E-state index >= 15 is 0 Å². The summed E-state index contributed by atoms with van der Waals surface area (Å²) in [5.41, 5.74) is 1.76. The Morgan fingerprint density at radius 1 is 1.00 bits per heavy atom. The number of nitrogens with one attached hydrogen (secondary N) is 1. The number of nitrogens with zero attached hydrogens (tertiary/aromatic N) is 2. The molecule has 1 atom stereocenters. The second-order valence-electron chi connectivity index (χ2n) is 8.35. The Morgan fingerprint density at radius 3 is 2.19 bits per heavy atom. The Kier molecular flexibility index (Phi) is 9.63. The first kappa shape index (κ1) is 29.0. The van der Waals surface area contributed by atoms with Crippen LogP contribution in [0.25, 0.3) is 0 Å². The molecule has 0 aliphatic heterocycles. The lowest BCUT2D eigenvalue weighted by Crippen LogP contribution is -2.50. The largest absolute Gasteiger partial charge is 0.357 e. The van der Waals surface area contributed by atoms with Gasteiger partial charge in [-0.05, 0) is 67.9 Å². The van der Waals surface area contributed by atoms with E-state index in [-0.39, 0.29) is 11.4 Å². The molecule has 196 valence electrons. The number of carbonyl (C=O) groups excluding carboxylic acids is 2. The molecule has 0 saturated carbocycles. The highest BCUT2D eigenvalue weighted by Crippen LogP contribution is 2.27. The molecule has 0 radical (unpaired) electrons. The number of likely N-dealkylation sites (N-methyl/N-ethyl adjacent to an activating group) is 1. The first-order valence-corrected chi connectivity index (χ1v) is 14.2. The second kappa shape index (κ2) is 12.3. The highest BCUT2D eigenvalue weighted by molar-refractivity contribution is 9.10. The van der Waals surface area contributed by atoms with Gasteiger partial charge in [0.05, 0.1) is 10.6 Å². The minimum atomic E-state index is -4.12. The van der Waals surface area contributed by atoms with E-state index in [2.05, 4.69) is 21.2 Å². The zero-order valence-corrected chi connectivity index (χ0v) is 24.3. The van der Waals surface area contributed by atoms with Crippen LogP contribution in [0.4, 0.5) is 5.69 Å². The Bertz CT molecular complexity index is 1380. The van der Waals surface area contributed by atoms with Crippen LogP contribution >= 0.6 is 39.1 Å². The standard InChI is InChI=1S/C26H26BrCl2N3O4S/c1-17-4-12-23(13-5-17)37(35,36)32(22-10-7-20(27)8-11-22)16-25(33)31(18(2)26(34)30-3)15-19-6-9-21(28)14-24(19)29/h4-14,18H,15-16H2,1-3H3,(H,30,34). The summed E-state index contributed by atoms with van der Waals surface area (Å²) in [5, 5.41) is 3.29. The summed E-state index contributed by atoms with van der Waals surface area (Å²) in [7, 11) is -2.66. The average Bonchev–Trinajstić information content (AvgIpc) is 2.86. The van der Waals surface area contributed by atoms with Crippen LogP contribution in [-0.2, 0) is 26.2 Å². The van der Waals surface area contributed by atoms with Crippen LogP contribution in [0.2, 0.25) is 10.0 Å². The summed E-state index contributed by atoms with van der Waals surface area (Å²) >= 11 is 15.7. The van der Waals surface area contributed by atoms with Crippen LogP contribution in [-0.4, -0.2) is 44.8 Å². The average molecular weight is 627 g/mol. The Balaban J connectivity index is 2.04. The predicted octanol–water partition coefficient (Wildman–Crippen LogP) is 5.42. The summed E-state index contributed by atoms with van der Waals surface area (Å²) < 4.78 is 29.2. The molecular formula is C26H26BrCl2N3O4S. The van der Waals surface area contributed by atoms with Gasteiger partial charge in [0.1, 0.15) is 12.6 Å². The monoisotopic (exact) mass is 625 g/mol. The molecule has 3 rings (SSSR count). The number of hydrogen-bond acceptors (Lipinski definition) is 4. The van der Waals surface area contributed by atoms with Crippen LogP contribution in [0.15, 0.2) is 76.1 Å². The number of benzene rings is 3. The van der Waals surface area contributed by atoms with Gasteiger partial charge in [-0.1, -0.05) is 62.9 Å². The normalized spacial score (nSPS) is 12.1. The van der Waals surface area contributed by atoms with Crippen molar-refractivity contribution < 1.29 is 18.0 Å². The van der Waals surface area contributed by atoms with Crippen LogP contribution in [0.3, 0.4) is 0 Å². The van der Waals surface area contributed by atoms with Gasteiger partial charge in [-0.25, -0.2) is 8.42 Å². The van der Waals surface area contributed by atoms with Crippen molar-refractivity contribution in [1.29, 1.82) is 0 Å². The zero-order chi connectivity index (χ0) is 27.3. The molecule has 3 aromatic rings. The highest BCUT2D eigenvalue weighted by atomic mass is 79.9. The fourth-order valence-corrected chi connectivity index (χ4v) is 5.75. The number of halogens is 3.